The second-order valence-corrected chi connectivity index (χ2v) is 2.83. The number of thiocarbonyl (C=S) groups is 2. The third-order valence-electron chi connectivity index (χ3n) is 0.711. The molecule has 0 saturated carbocycles. The maximum absolute atomic E-state index is 4.79. The summed E-state index contributed by atoms with van der Waals surface area (Å²) in [6.45, 7) is 0. The van der Waals surface area contributed by atoms with Gasteiger partial charge in [0.25, 0.3) is 0 Å². The first-order valence-electron chi connectivity index (χ1n) is 3.95. The fourth-order valence-electron chi connectivity index (χ4n) is 0.224. The Morgan fingerprint density at radius 3 is 1.57 bits per heavy atom. The number of nitrogens with zero attached hydrogens (tertiary/aromatic N) is 2. The Morgan fingerprint density at radius 2 is 1.57 bits per heavy atom. The highest BCUT2D eigenvalue weighted by Crippen LogP contribution is 1.72. The minimum Gasteiger partial charge on any atom is -0.366 e. The van der Waals surface area contributed by atoms with Crippen molar-refractivity contribution in [3.8, 4) is 0 Å². The van der Waals surface area contributed by atoms with Crippen LogP contribution >= 0.6 is 24.4 Å². The molecule has 0 rings (SSSR count). The van der Waals surface area contributed by atoms with Gasteiger partial charge in [-0.1, -0.05) is 0 Å². The van der Waals surface area contributed by atoms with E-state index in [4.69, 9.17) is 12.2 Å². The SMILES string of the molecule is CN=C=S.CNC.CNC(=S)N(C)C. The van der Waals surface area contributed by atoms with Gasteiger partial charge in [0, 0.05) is 28.2 Å². The number of hydrogen-bond donors (Lipinski definition) is 2. The van der Waals surface area contributed by atoms with Crippen LogP contribution in [-0.4, -0.2) is 57.5 Å². The Morgan fingerprint density at radius 1 is 1.29 bits per heavy atom. The molecule has 0 saturated heterocycles. The second-order valence-electron chi connectivity index (χ2n) is 2.26. The molecular weight excluding hydrogens is 216 g/mol. The number of hydrogen-bond acceptors (Lipinski definition) is 4. The van der Waals surface area contributed by atoms with Crippen molar-refractivity contribution in [3.05, 3.63) is 0 Å². The van der Waals surface area contributed by atoms with E-state index in [2.05, 4.69) is 33.0 Å². The molecule has 0 fully saturated rings. The van der Waals surface area contributed by atoms with E-state index in [0.717, 1.165) is 5.11 Å². The van der Waals surface area contributed by atoms with E-state index in [1.54, 1.807) is 7.05 Å². The normalized spacial score (nSPS) is 6.43. The molecule has 0 aromatic rings. The van der Waals surface area contributed by atoms with E-state index in [9.17, 15) is 0 Å². The minimum atomic E-state index is 0.764. The molecule has 0 aliphatic rings. The summed E-state index contributed by atoms with van der Waals surface area (Å²) in [6.07, 6.45) is 0. The van der Waals surface area contributed by atoms with Crippen molar-refractivity contribution in [3.63, 3.8) is 0 Å². The third-order valence-corrected chi connectivity index (χ3v) is 1.46. The third kappa shape index (κ3) is 30.1. The van der Waals surface area contributed by atoms with Gasteiger partial charge in [-0.15, -0.1) is 0 Å². The van der Waals surface area contributed by atoms with E-state index in [0.29, 0.717) is 0 Å². The first-order valence-corrected chi connectivity index (χ1v) is 4.76. The summed E-state index contributed by atoms with van der Waals surface area (Å²) in [7, 11) is 11.0. The first-order chi connectivity index (χ1) is 6.51. The van der Waals surface area contributed by atoms with Gasteiger partial charge in [-0.3, -0.25) is 0 Å². The molecule has 0 atom stereocenters. The molecule has 0 aromatic carbocycles. The van der Waals surface area contributed by atoms with Crippen LogP contribution in [0.3, 0.4) is 0 Å². The van der Waals surface area contributed by atoms with Gasteiger partial charge in [-0.2, -0.15) is 0 Å². The van der Waals surface area contributed by atoms with Crippen molar-refractivity contribution in [2.75, 3.05) is 42.3 Å². The van der Waals surface area contributed by atoms with Crippen molar-refractivity contribution in [2.45, 2.75) is 0 Å². The molecule has 0 spiro atoms. The van der Waals surface area contributed by atoms with Crippen LogP contribution in [0, 0.1) is 0 Å². The van der Waals surface area contributed by atoms with Crippen LogP contribution in [0.25, 0.3) is 0 Å². The average molecular weight is 236 g/mol. The lowest BCUT2D eigenvalue weighted by Crippen LogP contribution is -2.30. The quantitative estimate of drug-likeness (QED) is 0.476. The summed E-state index contributed by atoms with van der Waals surface area (Å²) in [5.74, 6) is 0. The summed E-state index contributed by atoms with van der Waals surface area (Å²) in [4.78, 5) is 5.14. The molecule has 0 unspecified atom stereocenters. The Balaban J connectivity index is -0.000000147. The topological polar surface area (TPSA) is 39.7 Å². The fraction of sp³-hybridized carbons (Fsp3) is 0.750. The maximum Gasteiger partial charge on any atom is 0.168 e. The predicted molar refractivity (Wildman–Crippen MR) is 71.3 cm³/mol. The first kappa shape index (κ1) is 19.1. The van der Waals surface area contributed by atoms with Crippen molar-refractivity contribution < 1.29 is 0 Å². The van der Waals surface area contributed by atoms with Crippen LogP contribution in [-0.2, 0) is 0 Å². The Labute approximate surface area is 97.8 Å². The largest absolute Gasteiger partial charge is 0.366 e. The molecule has 84 valence electrons. The van der Waals surface area contributed by atoms with Crippen molar-refractivity contribution in [1.29, 1.82) is 0 Å². The van der Waals surface area contributed by atoms with E-state index < -0.39 is 0 Å². The van der Waals surface area contributed by atoms with Gasteiger partial charge in [-0.25, -0.2) is 4.99 Å². The lowest BCUT2D eigenvalue weighted by molar-refractivity contribution is 0.612. The van der Waals surface area contributed by atoms with E-state index >= 15 is 0 Å². The zero-order valence-corrected chi connectivity index (χ0v) is 11.3. The van der Waals surface area contributed by atoms with Gasteiger partial charge in [0.05, 0.1) is 5.16 Å². The van der Waals surface area contributed by atoms with E-state index in [1.165, 1.54) is 0 Å². The molecule has 0 bridgehead atoms. The number of aliphatic imine (C=N–C) groups is 1. The van der Waals surface area contributed by atoms with Crippen LogP contribution in [0.1, 0.15) is 0 Å². The molecule has 0 radical (unpaired) electrons. The number of rotatable bonds is 0. The molecule has 6 heteroatoms. The highest BCUT2D eigenvalue weighted by atomic mass is 32.1. The van der Waals surface area contributed by atoms with Crippen LogP contribution in [0.15, 0.2) is 4.99 Å². The smallest absolute Gasteiger partial charge is 0.168 e. The molecular formula is C8H20N4S2. The standard InChI is InChI=1S/C4H10N2S.C2H3NS.C2H7N/c1-5-4(7)6(2)3;1-3-2-4;1-3-2/h1-3H3,(H,5,7);1H3;3H,1-2H3. The highest BCUT2D eigenvalue weighted by molar-refractivity contribution is 7.80. The second kappa shape index (κ2) is 18.3. The zero-order chi connectivity index (χ0) is 12.0. The van der Waals surface area contributed by atoms with E-state index in [1.807, 2.05) is 40.1 Å². The van der Waals surface area contributed by atoms with Crippen molar-refractivity contribution >= 4 is 34.7 Å². The number of isothiocyanates is 1. The fourth-order valence-corrected chi connectivity index (χ4v) is 0.224. The molecule has 4 nitrogen and oxygen atoms in total. The molecule has 0 aliphatic heterocycles. The summed E-state index contributed by atoms with van der Waals surface area (Å²) < 4.78 is 0. The minimum absolute atomic E-state index is 0.764. The van der Waals surface area contributed by atoms with Gasteiger partial charge in [-0.05, 0) is 38.5 Å². The molecule has 14 heavy (non-hydrogen) atoms. The molecule has 0 aromatic heterocycles. The van der Waals surface area contributed by atoms with Crippen LogP contribution in [0.5, 0.6) is 0 Å². The Bertz CT molecular complexity index is 165. The lowest BCUT2D eigenvalue weighted by atomic mass is 10.9. The lowest BCUT2D eigenvalue weighted by Gasteiger charge is -2.11. The van der Waals surface area contributed by atoms with Gasteiger partial charge in [0.1, 0.15) is 0 Å². The Kier molecular flexibility index (Phi) is 24.9. The number of nitrogens with one attached hydrogen (secondary N) is 2. The molecule has 0 amide bonds. The van der Waals surface area contributed by atoms with Gasteiger partial charge in [0.2, 0.25) is 0 Å². The summed E-state index contributed by atoms with van der Waals surface area (Å²) >= 11 is 8.93. The summed E-state index contributed by atoms with van der Waals surface area (Å²) in [5.41, 5.74) is 0. The zero-order valence-electron chi connectivity index (χ0n) is 9.71. The van der Waals surface area contributed by atoms with Gasteiger partial charge >= 0.3 is 0 Å². The van der Waals surface area contributed by atoms with Gasteiger partial charge in [0.15, 0.2) is 5.11 Å². The van der Waals surface area contributed by atoms with Gasteiger partial charge < -0.3 is 15.5 Å². The van der Waals surface area contributed by atoms with Crippen LogP contribution < -0.4 is 10.6 Å². The average Bonchev–Trinajstić information content (AvgIpc) is 2.18. The molecule has 2 N–H and O–H groups in total. The Hall–Kier alpha value is -0.550. The maximum atomic E-state index is 4.79. The monoisotopic (exact) mass is 236 g/mol. The van der Waals surface area contributed by atoms with Crippen LogP contribution in [0.2, 0.25) is 0 Å². The summed E-state index contributed by atoms with van der Waals surface area (Å²) in [5, 5.41) is 8.47. The van der Waals surface area contributed by atoms with Crippen molar-refractivity contribution in [1.82, 2.24) is 15.5 Å². The molecule has 0 heterocycles. The predicted octanol–water partition coefficient (Wildman–Crippen LogP) is 0.607. The van der Waals surface area contributed by atoms with E-state index in [-0.39, 0.29) is 0 Å². The molecule has 0 aliphatic carbocycles. The summed E-state index contributed by atoms with van der Waals surface area (Å²) in [6, 6.07) is 0. The van der Waals surface area contributed by atoms with Crippen molar-refractivity contribution in [2.24, 2.45) is 4.99 Å². The van der Waals surface area contributed by atoms with Crippen LogP contribution in [0.4, 0.5) is 0 Å². The highest BCUT2D eigenvalue weighted by Gasteiger charge is 1.88.